The average Bonchev–Trinajstić information content (AvgIpc) is 2.74. The SMILES string of the molecule is O=C1NCCN1C(=O)C1CC1. The normalized spacial score (nSPS) is 23.6. The fraction of sp³-hybridized carbons (Fsp3) is 0.714. The molecule has 4 heteroatoms. The lowest BCUT2D eigenvalue weighted by Gasteiger charge is -2.10. The van der Waals surface area contributed by atoms with Gasteiger partial charge in [0.05, 0.1) is 0 Å². The van der Waals surface area contributed by atoms with E-state index in [4.69, 9.17) is 0 Å². The van der Waals surface area contributed by atoms with Gasteiger partial charge < -0.3 is 5.32 Å². The van der Waals surface area contributed by atoms with E-state index in [1.54, 1.807) is 0 Å². The van der Waals surface area contributed by atoms with Crippen LogP contribution in [0.15, 0.2) is 0 Å². The van der Waals surface area contributed by atoms with Gasteiger partial charge in [0.15, 0.2) is 0 Å². The van der Waals surface area contributed by atoms with Crippen molar-refractivity contribution >= 4 is 11.9 Å². The fourth-order valence-electron chi connectivity index (χ4n) is 1.23. The number of carbonyl (C=O) groups is 2. The smallest absolute Gasteiger partial charge is 0.324 e. The zero-order valence-corrected chi connectivity index (χ0v) is 6.17. The first-order chi connectivity index (χ1) is 5.29. The third-order valence-electron chi connectivity index (χ3n) is 2.05. The summed E-state index contributed by atoms with van der Waals surface area (Å²) >= 11 is 0. The van der Waals surface area contributed by atoms with Crippen LogP contribution in [0.2, 0.25) is 0 Å². The number of imide groups is 1. The molecule has 60 valence electrons. The van der Waals surface area contributed by atoms with E-state index < -0.39 is 0 Å². The Morgan fingerprint density at radius 3 is 2.73 bits per heavy atom. The largest absolute Gasteiger partial charge is 0.336 e. The number of amides is 3. The maximum atomic E-state index is 11.3. The minimum Gasteiger partial charge on any atom is -0.336 e. The number of hydrogen-bond donors (Lipinski definition) is 1. The van der Waals surface area contributed by atoms with Crippen LogP contribution in [0.4, 0.5) is 4.79 Å². The van der Waals surface area contributed by atoms with Gasteiger partial charge in [-0.15, -0.1) is 0 Å². The summed E-state index contributed by atoms with van der Waals surface area (Å²) in [6.45, 7) is 1.16. The molecule has 0 unspecified atom stereocenters. The first-order valence-electron chi connectivity index (χ1n) is 3.88. The summed E-state index contributed by atoms with van der Waals surface area (Å²) in [5.74, 6) is 0.166. The summed E-state index contributed by atoms with van der Waals surface area (Å²) in [7, 11) is 0. The second-order valence-electron chi connectivity index (χ2n) is 3.00. The lowest BCUT2D eigenvalue weighted by molar-refractivity contribution is -0.128. The summed E-state index contributed by atoms with van der Waals surface area (Å²) < 4.78 is 0. The molecule has 0 atom stereocenters. The minimum absolute atomic E-state index is 0.0139. The number of hydrogen-bond acceptors (Lipinski definition) is 2. The molecule has 11 heavy (non-hydrogen) atoms. The average molecular weight is 154 g/mol. The van der Waals surface area contributed by atoms with Crippen molar-refractivity contribution in [2.45, 2.75) is 12.8 Å². The first kappa shape index (κ1) is 6.64. The zero-order chi connectivity index (χ0) is 7.84. The van der Waals surface area contributed by atoms with E-state index in [0.29, 0.717) is 13.1 Å². The van der Waals surface area contributed by atoms with Crippen molar-refractivity contribution in [3.8, 4) is 0 Å². The highest BCUT2D eigenvalue weighted by Gasteiger charge is 2.37. The van der Waals surface area contributed by atoms with E-state index in [1.807, 2.05) is 0 Å². The minimum atomic E-state index is -0.220. The molecule has 0 spiro atoms. The molecule has 1 saturated heterocycles. The van der Waals surface area contributed by atoms with Gasteiger partial charge in [-0.05, 0) is 12.8 Å². The van der Waals surface area contributed by atoms with Crippen molar-refractivity contribution in [2.75, 3.05) is 13.1 Å². The summed E-state index contributed by atoms with van der Waals surface area (Å²) in [6, 6.07) is -0.220. The molecule has 2 fully saturated rings. The van der Waals surface area contributed by atoms with Crippen LogP contribution in [0.3, 0.4) is 0 Å². The van der Waals surface area contributed by atoms with Gasteiger partial charge in [-0.2, -0.15) is 0 Å². The Hall–Kier alpha value is -1.06. The predicted octanol–water partition coefficient (Wildman–Crippen LogP) is -0.0518. The third kappa shape index (κ3) is 1.08. The fourth-order valence-corrected chi connectivity index (χ4v) is 1.23. The zero-order valence-electron chi connectivity index (χ0n) is 6.17. The molecule has 0 bridgehead atoms. The number of nitrogens with one attached hydrogen (secondary N) is 1. The van der Waals surface area contributed by atoms with E-state index in [-0.39, 0.29) is 17.9 Å². The molecular weight excluding hydrogens is 144 g/mol. The van der Waals surface area contributed by atoms with Gasteiger partial charge in [-0.1, -0.05) is 0 Å². The maximum Gasteiger partial charge on any atom is 0.324 e. The Morgan fingerprint density at radius 2 is 2.27 bits per heavy atom. The first-order valence-corrected chi connectivity index (χ1v) is 3.88. The summed E-state index contributed by atoms with van der Waals surface area (Å²) in [5, 5.41) is 2.60. The second kappa shape index (κ2) is 2.22. The van der Waals surface area contributed by atoms with E-state index in [2.05, 4.69) is 5.32 Å². The highest BCUT2D eigenvalue weighted by molar-refractivity contribution is 5.97. The van der Waals surface area contributed by atoms with Crippen LogP contribution >= 0.6 is 0 Å². The van der Waals surface area contributed by atoms with E-state index in [9.17, 15) is 9.59 Å². The quantitative estimate of drug-likeness (QED) is 0.575. The molecule has 1 N–H and O–H groups in total. The molecule has 1 aliphatic heterocycles. The number of nitrogens with zero attached hydrogens (tertiary/aromatic N) is 1. The monoisotopic (exact) mass is 154 g/mol. The van der Waals surface area contributed by atoms with Gasteiger partial charge in [0.1, 0.15) is 0 Å². The van der Waals surface area contributed by atoms with Crippen LogP contribution in [0, 0.1) is 5.92 Å². The standard InChI is InChI=1S/C7H10N2O2/c10-6(5-1-2-5)9-4-3-8-7(9)11/h5H,1-4H2,(H,8,11). The van der Waals surface area contributed by atoms with Crippen LogP contribution in [-0.2, 0) is 4.79 Å². The molecule has 4 nitrogen and oxygen atoms in total. The van der Waals surface area contributed by atoms with Crippen molar-refractivity contribution in [3.05, 3.63) is 0 Å². The van der Waals surface area contributed by atoms with Crippen LogP contribution < -0.4 is 5.32 Å². The number of urea groups is 1. The second-order valence-corrected chi connectivity index (χ2v) is 3.00. The molecule has 0 radical (unpaired) electrons. The van der Waals surface area contributed by atoms with Crippen LogP contribution in [0.1, 0.15) is 12.8 Å². The highest BCUT2D eigenvalue weighted by atomic mass is 16.2. The van der Waals surface area contributed by atoms with E-state index in [0.717, 1.165) is 12.8 Å². The molecule has 1 aliphatic carbocycles. The molecule has 1 saturated carbocycles. The summed E-state index contributed by atoms with van der Waals surface area (Å²) in [6.07, 6.45) is 1.92. The van der Waals surface area contributed by atoms with Crippen molar-refractivity contribution in [2.24, 2.45) is 5.92 Å². The van der Waals surface area contributed by atoms with E-state index in [1.165, 1.54) is 4.90 Å². The van der Waals surface area contributed by atoms with Crippen LogP contribution in [-0.4, -0.2) is 29.9 Å². The van der Waals surface area contributed by atoms with Crippen molar-refractivity contribution < 1.29 is 9.59 Å². The molecule has 2 aliphatic rings. The third-order valence-corrected chi connectivity index (χ3v) is 2.05. The molecule has 0 aromatic heterocycles. The molecule has 3 amide bonds. The van der Waals surface area contributed by atoms with Gasteiger partial charge in [-0.3, -0.25) is 9.69 Å². The molecule has 2 rings (SSSR count). The number of rotatable bonds is 1. The Bertz CT molecular complexity index is 210. The maximum absolute atomic E-state index is 11.3. The van der Waals surface area contributed by atoms with Crippen LogP contribution in [0.25, 0.3) is 0 Å². The van der Waals surface area contributed by atoms with E-state index >= 15 is 0 Å². The van der Waals surface area contributed by atoms with Crippen molar-refractivity contribution in [3.63, 3.8) is 0 Å². The Morgan fingerprint density at radius 1 is 1.55 bits per heavy atom. The molecule has 0 aromatic rings. The molecular formula is C7H10N2O2. The summed E-state index contributed by atoms with van der Waals surface area (Å²) in [4.78, 5) is 23.5. The van der Waals surface area contributed by atoms with Crippen molar-refractivity contribution in [1.29, 1.82) is 0 Å². The van der Waals surface area contributed by atoms with Gasteiger partial charge in [-0.25, -0.2) is 4.79 Å². The predicted molar refractivity (Wildman–Crippen MR) is 37.8 cm³/mol. The summed E-state index contributed by atoms with van der Waals surface area (Å²) in [5.41, 5.74) is 0. The van der Waals surface area contributed by atoms with Gasteiger partial charge in [0.25, 0.3) is 0 Å². The topological polar surface area (TPSA) is 49.4 Å². The van der Waals surface area contributed by atoms with Crippen LogP contribution in [0.5, 0.6) is 0 Å². The van der Waals surface area contributed by atoms with Gasteiger partial charge >= 0.3 is 6.03 Å². The number of carbonyl (C=O) groups excluding carboxylic acids is 2. The highest BCUT2D eigenvalue weighted by Crippen LogP contribution is 2.31. The van der Waals surface area contributed by atoms with Crippen molar-refractivity contribution in [1.82, 2.24) is 10.2 Å². The van der Waals surface area contributed by atoms with Gasteiger partial charge in [0.2, 0.25) is 5.91 Å². The molecule has 0 aromatic carbocycles. The lowest BCUT2D eigenvalue weighted by atomic mass is 10.3. The Labute approximate surface area is 64.5 Å². The lowest BCUT2D eigenvalue weighted by Crippen LogP contribution is -2.35. The molecule has 1 heterocycles. The Kier molecular flexibility index (Phi) is 1.34. The Balaban J connectivity index is 2.02. The van der Waals surface area contributed by atoms with Gasteiger partial charge in [0, 0.05) is 19.0 Å².